The molecule has 2 aromatic carbocycles. The molecule has 100 valence electrons. The standard InChI is InChI=1S/C15H15BrFNO/c1-2-18-10-11-3-4-12(16)9-15(11)19-14-7-5-13(17)6-8-14/h3-9,18H,2,10H2,1H3. The molecule has 0 unspecified atom stereocenters. The molecule has 4 heteroatoms. The average molecular weight is 324 g/mol. The Kier molecular flexibility index (Phi) is 4.93. The van der Waals surface area contributed by atoms with Gasteiger partial charge < -0.3 is 10.1 Å². The zero-order chi connectivity index (χ0) is 13.7. The summed E-state index contributed by atoms with van der Waals surface area (Å²) in [5.41, 5.74) is 1.06. The minimum Gasteiger partial charge on any atom is -0.457 e. The summed E-state index contributed by atoms with van der Waals surface area (Å²) >= 11 is 3.43. The first kappa shape index (κ1) is 14.0. The lowest BCUT2D eigenvalue weighted by Gasteiger charge is -2.12. The van der Waals surface area contributed by atoms with Gasteiger partial charge in [-0.05, 0) is 42.9 Å². The molecular weight excluding hydrogens is 309 g/mol. The Bertz CT molecular complexity index is 542. The normalized spacial score (nSPS) is 10.5. The van der Waals surface area contributed by atoms with Gasteiger partial charge in [0.05, 0.1) is 0 Å². The molecule has 1 N–H and O–H groups in total. The smallest absolute Gasteiger partial charge is 0.133 e. The average Bonchev–Trinajstić information content (AvgIpc) is 2.40. The van der Waals surface area contributed by atoms with E-state index in [4.69, 9.17) is 4.74 Å². The fraction of sp³-hybridized carbons (Fsp3) is 0.200. The van der Waals surface area contributed by atoms with Gasteiger partial charge in [-0.2, -0.15) is 0 Å². The summed E-state index contributed by atoms with van der Waals surface area (Å²) in [5, 5.41) is 3.26. The molecule has 2 nitrogen and oxygen atoms in total. The van der Waals surface area contributed by atoms with E-state index >= 15 is 0 Å². The van der Waals surface area contributed by atoms with E-state index in [1.54, 1.807) is 12.1 Å². The van der Waals surface area contributed by atoms with Crippen molar-refractivity contribution >= 4 is 15.9 Å². The minimum absolute atomic E-state index is 0.269. The molecule has 2 aromatic rings. The van der Waals surface area contributed by atoms with Crippen molar-refractivity contribution < 1.29 is 9.13 Å². The van der Waals surface area contributed by atoms with Crippen LogP contribution >= 0.6 is 15.9 Å². The maximum Gasteiger partial charge on any atom is 0.133 e. The molecule has 0 saturated heterocycles. The fourth-order valence-electron chi connectivity index (χ4n) is 1.66. The first-order valence-electron chi connectivity index (χ1n) is 6.11. The van der Waals surface area contributed by atoms with Gasteiger partial charge in [-0.3, -0.25) is 0 Å². The first-order chi connectivity index (χ1) is 9.19. The Hall–Kier alpha value is -1.39. The third-order valence-electron chi connectivity index (χ3n) is 2.64. The molecule has 0 atom stereocenters. The molecule has 0 saturated carbocycles. The topological polar surface area (TPSA) is 21.3 Å². The molecule has 0 fully saturated rings. The van der Waals surface area contributed by atoms with Crippen LogP contribution < -0.4 is 10.1 Å². The molecular formula is C15H15BrFNO. The van der Waals surface area contributed by atoms with Crippen LogP contribution in [0.1, 0.15) is 12.5 Å². The Morgan fingerprint density at radius 2 is 1.89 bits per heavy atom. The van der Waals surface area contributed by atoms with Crippen molar-refractivity contribution in [2.45, 2.75) is 13.5 Å². The van der Waals surface area contributed by atoms with Crippen LogP contribution in [0.3, 0.4) is 0 Å². The largest absolute Gasteiger partial charge is 0.457 e. The van der Waals surface area contributed by atoms with Gasteiger partial charge in [0.15, 0.2) is 0 Å². The molecule has 19 heavy (non-hydrogen) atoms. The van der Waals surface area contributed by atoms with Gasteiger partial charge >= 0.3 is 0 Å². The van der Waals surface area contributed by atoms with E-state index in [1.165, 1.54) is 12.1 Å². The molecule has 0 aliphatic rings. The van der Waals surface area contributed by atoms with Crippen molar-refractivity contribution in [2.24, 2.45) is 0 Å². The van der Waals surface area contributed by atoms with Crippen LogP contribution in [0, 0.1) is 5.82 Å². The molecule has 0 heterocycles. The van der Waals surface area contributed by atoms with Crippen LogP contribution in [0.15, 0.2) is 46.9 Å². The molecule has 0 aliphatic carbocycles. The highest BCUT2D eigenvalue weighted by Crippen LogP contribution is 2.28. The molecule has 0 spiro atoms. The number of hydrogen-bond donors (Lipinski definition) is 1. The van der Waals surface area contributed by atoms with E-state index in [-0.39, 0.29) is 5.82 Å². The highest BCUT2D eigenvalue weighted by atomic mass is 79.9. The number of benzene rings is 2. The van der Waals surface area contributed by atoms with E-state index < -0.39 is 0 Å². The summed E-state index contributed by atoms with van der Waals surface area (Å²) in [6.07, 6.45) is 0. The van der Waals surface area contributed by atoms with Gasteiger partial charge in [-0.1, -0.05) is 28.9 Å². The lowest BCUT2D eigenvalue weighted by Crippen LogP contribution is -2.12. The fourth-order valence-corrected chi connectivity index (χ4v) is 2.00. The van der Waals surface area contributed by atoms with Gasteiger partial charge in [-0.15, -0.1) is 0 Å². The third kappa shape index (κ3) is 4.04. The van der Waals surface area contributed by atoms with Crippen molar-refractivity contribution in [3.05, 3.63) is 58.3 Å². The Labute approximate surface area is 120 Å². The molecule has 0 radical (unpaired) electrons. The Balaban J connectivity index is 2.22. The quantitative estimate of drug-likeness (QED) is 0.875. The SMILES string of the molecule is CCNCc1ccc(Br)cc1Oc1ccc(F)cc1. The van der Waals surface area contributed by atoms with Gasteiger partial charge in [0.25, 0.3) is 0 Å². The van der Waals surface area contributed by atoms with E-state index in [2.05, 4.69) is 28.2 Å². The maximum atomic E-state index is 12.9. The Morgan fingerprint density at radius 1 is 1.16 bits per heavy atom. The summed E-state index contributed by atoms with van der Waals surface area (Å²) in [5.74, 6) is 1.12. The number of hydrogen-bond acceptors (Lipinski definition) is 2. The van der Waals surface area contributed by atoms with Crippen LogP contribution in [0.5, 0.6) is 11.5 Å². The lowest BCUT2D eigenvalue weighted by molar-refractivity contribution is 0.471. The summed E-state index contributed by atoms with van der Waals surface area (Å²) in [6.45, 7) is 3.69. The zero-order valence-electron chi connectivity index (χ0n) is 10.6. The predicted octanol–water partition coefficient (Wildman–Crippen LogP) is 4.49. The highest BCUT2D eigenvalue weighted by Gasteiger charge is 2.06. The lowest BCUT2D eigenvalue weighted by atomic mass is 10.2. The van der Waals surface area contributed by atoms with Gasteiger partial charge in [0.1, 0.15) is 17.3 Å². The molecule has 0 aliphatic heterocycles. The summed E-state index contributed by atoms with van der Waals surface area (Å²) < 4.78 is 19.6. The van der Waals surface area contributed by atoms with E-state index in [9.17, 15) is 4.39 Å². The number of ether oxygens (including phenoxy) is 1. The zero-order valence-corrected chi connectivity index (χ0v) is 12.2. The van der Waals surface area contributed by atoms with Crippen molar-refractivity contribution in [3.8, 4) is 11.5 Å². The van der Waals surface area contributed by atoms with Crippen LogP contribution in [-0.2, 0) is 6.54 Å². The van der Waals surface area contributed by atoms with Gasteiger partial charge in [0, 0.05) is 16.6 Å². The van der Waals surface area contributed by atoms with E-state index in [1.807, 2.05) is 18.2 Å². The molecule has 0 amide bonds. The van der Waals surface area contributed by atoms with Crippen LogP contribution in [0.25, 0.3) is 0 Å². The van der Waals surface area contributed by atoms with Crippen LogP contribution in [-0.4, -0.2) is 6.54 Å². The number of nitrogens with one attached hydrogen (secondary N) is 1. The Morgan fingerprint density at radius 3 is 2.58 bits per heavy atom. The van der Waals surface area contributed by atoms with Crippen molar-refractivity contribution in [1.82, 2.24) is 5.32 Å². The third-order valence-corrected chi connectivity index (χ3v) is 3.13. The second-order valence-electron chi connectivity index (χ2n) is 4.09. The van der Waals surface area contributed by atoms with E-state index in [0.29, 0.717) is 5.75 Å². The van der Waals surface area contributed by atoms with Crippen LogP contribution in [0.4, 0.5) is 4.39 Å². The molecule has 0 aromatic heterocycles. The number of halogens is 2. The molecule has 0 bridgehead atoms. The summed E-state index contributed by atoms with van der Waals surface area (Å²) in [7, 11) is 0. The van der Waals surface area contributed by atoms with E-state index in [0.717, 1.165) is 28.9 Å². The summed E-state index contributed by atoms with van der Waals surface area (Å²) in [4.78, 5) is 0. The van der Waals surface area contributed by atoms with Gasteiger partial charge in [-0.25, -0.2) is 4.39 Å². The van der Waals surface area contributed by atoms with Crippen molar-refractivity contribution in [2.75, 3.05) is 6.54 Å². The van der Waals surface area contributed by atoms with Crippen LogP contribution in [0.2, 0.25) is 0 Å². The maximum absolute atomic E-state index is 12.9. The highest BCUT2D eigenvalue weighted by molar-refractivity contribution is 9.10. The van der Waals surface area contributed by atoms with Crippen molar-refractivity contribution in [3.63, 3.8) is 0 Å². The van der Waals surface area contributed by atoms with Crippen molar-refractivity contribution in [1.29, 1.82) is 0 Å². The first-order valence-corrected chi connectivity index (χ1v) is 6.91. The minimum atomic E-state index is -0.269. The monoisotopic (exact) mass is 323 g/mol. The second-order valence-corrected chi connectivity index (χ2v) is 5.00. The summed E-state index contributed by atoms with van der Waals surface area (Å²) in [6, 6.07) is 11.9. The number of rotatable bonds is 5. The second kappa shape index (κ2) is 6.68. The molecule has 2 rings (SSSR count). The van der Waals surface area contributed by atoms with Gasteiger partial charge in [0.2, 0.25) is 0 Å². The predicted molar refractivity (Wildman–Crippen MR) is 78.0 cm³/mol.